The first-order valence-corrected chi connectivity index (χ1v) is 10.3. The van der Waals surface area contributed by atoms with Crippen molar-refractivity contribution in [3.8, 4) is 0 Å². The topological polar surface area (TPSA) is 93.2 Å². The van der Waals surface area contributed by atoms with E-state index in [0.717, 1.165) is 5.56 Å². The van der Waals surface area contributed by atoms with Gasteiger partial charge in [-0.05, 0) is 56.0 Å². The fraction of sp³-hybridized carbons (Fsp3) is 0.500. The number of carbonyl (C=O) groups excluding carboxylic acids is 1. The number of carbonyl (C=O) groups is 1. The number of hydrogen-bond acceptors (Lipinski definition) is 4. The Kier molecular flexibility index (Phi) is 7.81. The van der Waals surface area contributed by atoms with Crippen molar-refractivity contribution in [2.45, 2.75) is 59.0 Å². The molecule has 2 unspecified atom stereocenters. The molecule has 0 radical (unpaired) electrons. The molecule has 1 aliphatic rings. The number of nitrogens with two attached hydrogens (primary N) is 2. The maximum absolute atomic E-state index is 12.8. The molecule has 6 N–H and O–H groups in total. The Morgan fingerprint density at radius 1 is 1.29 bits per heavy atom. The molecular weight excluding hydrogens is 372 g/mol. The quantitative estimate of drug-likeness (QED) is 0.496. The first kappa shape index (κ1) is 22.2. The average molecular weight is 405 g/mol. The molecule has 0 spiro atoms. The molecule has 2 atom stereocenters. The van der Waals surface area contributed by atoms with Gasteiger partial charge in [-0.25, -0.2) is 0 Å². The van der Waals surface area contributed by atoms with Gasteiger partial charge < -0.3 is 22.1 Å². The predicted molar refractivity (Wildman–Crippen MR) is 116 cm³/mol. The van der Waals surface area contributed by atoms with Crippen molar-refractivity contribution in [1.29, 1.82) is 0 Å². The molecule has 0 aliphatic heterocycles. The SMILES string of the molecule is CC(C(=O)NCc1ccccc1Cl)/C(NC(C)C1(C)CCCC1)=C(N)\C=C/N. The van der Waals surface area contributed by atoms with Crippen LogP contribution in [0.5, 0.6) is 0 Å². The van der Waals surface area contributed by atoms with Gasteiger partial charge in [0.25, 0.3) is 0 Å². The molecule has 0 aromatic heterocycles. The molecule has 0 saturated heterocycles. The zero-order valence-electron chi connectivity index (χ0n) is 17.1. The van der Waals surface area contributed by atoms with E-state index in [9.17, 15) is 4.79 Å². The van der Waals surface area contributed by atoms with Crippen molar-refractivity contribution < 1.29 is 4.79 Å². The van der Waals surface area contributed by atoms with Crippen LogP contribution < -0.4 is 22.1 Å². The van der Waals surface area contributed by atoms with Crippen LogP contribution in [0.15, 0.2) is 47.9 Å². The van der Waals surface area contributed by atoms with Crippen molar-refractivity contribution >= 4 is 17.5 Å². The second-order valence-electron chi connectivity index (χ2n) is 7.99. The Morgan fingerprint density at radius 3 is 2.54 bits per heavy atom. The number of nitrogens with one attached hydrogen (secondary N) is 2. The largest absolute Gasteiger partial charge is 0.405 e. The van der Waals surface area contributed by atoms with Crippen LogP contribution in [0.25, 0.3) is 0 Å². The van der Waals surface area contributed by atoms with Gasteiger partial charge in [-0.3, -0.25) is 4.79 Å². The van der Waals surface area contributed by atoms with Crippen molar-refractivity contribution in [2.24, 2.45) is 22.8 Å². The highest BCUT2D eigenvalue weighted by molar-refractivity contribution is 6.31. The van der Waals surface area contributed by atoms with Crippen molar-refractivity contribution in [2.75, 3.05) is 0 Å². The van der Waals surface area contributed by atoms with E-state index in [1.165, 1.54) is 31.9 Å². The fourth-order valence-electron chi connectivity index (χ4n) is 3.78. The van der Waals surface area contributed by atoms with Gasteiger partial charge in [0.1, 0.15) is 0 Å². The van der Waals surface area contributed by atoms with Gasteiger partial charge in [0, 0.05) is 23.3 Å². The average Bonchev–Trinajstić information content (AvgIpc) is 3.12. The molecule has 0 bridgehead atoms. The third-order valence-corrected chi connectivity index (χ3v) is 6.36. The van der Waals surface area contributed by atoms with Crippen LogP contribution in [0.1, 0.15) is 52.0 Å². The number of amides is 1. The standard InChI is InChI=1S/C22H33ClN4O/c1-15(21(28)26-14-17-8-4-5-9-18(17)23)20(19(25)10-13-24)27-16(2)22(3)11-6-7-12-22/h4-5,8-10,13,15-16,27H,6-7,11-12,14,24-25H2,1-3H3,(H,26,28)/b13-10-,20-19-. The molecule has 154 valence electrons. The summed E-state index contributed by atoms with van der Waals surface area (Å²) in [7, 11) is 0. The van der Waals surface area contributed by atoms with E-state index >= 15 is 0 Å². The van der Waals surface area contributed by atoms with Crippen LogP contribution >= 0.6 is 11.6 Å². The molecule has 0 heterocycles. The molecule has 5 nitrogen and oxygen atoms in total. The Balaban J connectivity index is 2.12. The first-order valence-electron chi connectivity index (χ1n) is 9.94. The summed E-state index contributed by atoms with van der Waals surface area (Å²) in [6, 6.07) is 7.68. The van der Waals surface area contributed by atoms with E-state index in [0.29, 0.717) is 23.0 Å². The Morgan fingerprint density at radius 2 is 1.93 bits per heavy atom. The van der Waals surface area contributed by atoms with Crippen LogP contribution in [0.3, 0.4) is 0 Å². The second-order valence-corrected chi connectivity index (χ2v) is 8.39. The molecular formula is C22H33ClN4O. The van der Waals surface area contributed by atoms with Gasteiger partial charge in [0.05, 0.1) is 11.6 Å². The smallest absolute Gasteiger partial charge is 0.229 e. The molecule has 1 saturated carbocycles. The molecule has 1 amide bonds. The highest BCUT2D eigenvalue weighted by Gasteiger charge is 2.35. The minimum atomic E-state index is -0.439. The highest BCUT2D eigenvalue weighted by Crippen LogP contribution is 2.41. The number of rotatable bonds is 8. The number of allylic oxidation sites excluding steroid dienone is 1. The van der Waals surface area contributed by atoms with Gasteiger partial charge in [0.2, 0.25) is 5.91 Å². The lowest BCUT2D eigenvalue weighted by Crippen LogP contribution is -2.44. The zero-order valence-corrected chi connectivity index (χ0v) is 17.9. The number of benzene rings is 1. The van der Waals surface area contributed by atoms with E-state index < -0.39 is 5.92 Å². The third-order valence-electron chi connectivity index (χ3n) is 5.99. The summed E-state index contributed by atoms with van der Waals surface area (Å²) in [5.74, 6) is -0.550. The minimum absolute atomic E-state index is 0.112. The van der Waals surface area contributed by atoms with E-state index in [1.54, 1.807) is 6.08 Å². The summed E-state index contributed by atoms with van der Waals surface area (Å²) in [6.45, 7) is 6.69. The van der Waals surface area contributed by atoms with Crippen LogP contribution in [0, 0.1) is 11.3 Å². The maximum Gasteiger partial charge on any atom is 0.229 e. The van der Waals surface area contributed by atoms with Gasteiger partial charge in [-0.2, -0.15) is 0 Å². The summed E-state index contributed by atoms with van der Waals surface area (Å²) in [4.78, 5) is 12.8. The van der Waals surface area contributed by atoms with Crippen LogP contribution in [0.2, 0.25) is 5.02 Å². The van der Waals surface area contributed by atoms with Crippen molar-refractivity contribution in [3.05, 3.63) is 58.5 Å². The number of hydrogen-bond donors (Lipinski definition) is 4. The van der Waals surface area contributed by atoms with Crippen LogP contribution in [-0.2, 0) is 11.3 Å². The summed E-state index contributed by atoms with van der Waals surface area (Å²) in [6.07, 6.45) is 7.86. The lowest BCUT2D eigenvalue weighted by atomic mass is 9.81. The lowest BCUT2D eigenvalue weighted by molar-refractivity contribution is -0.123. The summed E-state index contributed by atoms with van der Waals surface area (Å²) < 4.78 is 0. The predicted octanol–water partition coefficient (Wildman–Crippen LogP) is 3.79. The Labute approximate surface area is 173 Å². The fourth-order valence-corrected chi connectivity index (χ4v) is 3.99. The van der Waals surface area contributed by atoms with Crippen LogP contribution in [0.4, 0.5) is 0 Å². The summed E-state index contributed by atoms with van der Waals surface area (Å²) in [5.41, 5.74) is 14.0. The summed E-state index contributed by atoms with van der Waals surface area (Å²) >= 11 is 6.18. The van der Waals surface area contributed by atoms with Gasteiger partial charge in [0.15, 0.2) is 0 Å². The maximum atomic E-state index is 12.8. The van der Waals surface area contributed by atoms with Crippen molar-refractivity contribution in [1.82, 2.24) is 10.6 Å². The van der Waals surface area contributed by atoms with E-state index in [-0.39, 0.29) is 17.4 Å². The molecule has 28 heavy (non-hydrogen) atoms. The van der Waals surface area contributed by atoms with Gasteiger partial charge in [-0.15, -0.1) is 0 Å². The molecule has 1 aromatic rings. The monoisotopic (exact) mass is 404 g/mol. The molecule has 6 heteroatoms. The molecule has 1 aliphatic carbocycles. The third kappa shape index (κ3) is 5.44. The number of halogens is 1. The molecule has 1 fully saturated rings. The Hall–Kier alpha value is -2.14. The lowest BCUT2D eigenvalue weighted by Gasteiger charge is -2.35. The minimum Gasteiger partial charge on any atom is -0.405 e. The normalized spacial score (nSPS) is 19.1. The Bertz CT molecular complexity index is 738. The summed E-state index contributed by atoms with van der Waals surface area (Å²) in [5, 5.41) is 7.13. The zero-order chi connectivity index (χ0) is 20.7. The second kappa shape index (κ2) is 9.87. The first-order chi connectivity index (χ1) is 13.3. The van der Waals surface area contributed by atoms with Crippen LogP contribution in [-0.4, -0.2) is 11.9 Å². The van der Waals surface area contributed by atoms with Crippen molar-refractivity contribution in [3.63, 3.8) is 0 Å². The van der Waals surface area contributed by atoms with Gasteiger partial charge >= 0.3 is 0 Å². The molecule has 2 rings (SSSR count). The van der Waals surface area contributed by atoms with E-state index in [1.807, 2.05) is 31.2 Å². The van der Waals surface area contributed by atoms with E-state index in [4.69, 9.17) is 23.1 Å². The van der Waals surface area contributed by atoms with E-state index in [2.05, 4.69) is 24.5 Å². The molecule has 1 aromatic carbocycles. The van der Waals surface area contributed by atoms with Gasteiger partial charge in [-0.1, -0.05) is 49.6 Å². The highest BCUT2D eigenvalue weighted by atomic mass is 35.5.